The minimum absolute atomic E-state index is 0.576. The summed E-state index contributed by atoms with van der Waals surface area (Å²) in [6.07, 6.45) is 6.13. The molecular formula is C10H16N2S. The van der Waals surface area contributed by atoms with Crippen LogP contribution in [-0.4, -0.2) is 9.55 Å². The summed E-state index contributed by atoms with van der Waals surface area (Å²) in [7, 11) is 0. The summed E-state index contributed by atoms with van der Waals surface area (Å²) in [5.41, 5.74) is 1.25. The molecule has 0 saturated heterocycles. The number of aryl methyl sites for hydroxylation is 1. The van der Waals surface area contributed by atoms with Crippen LogP contribution in [0.25, 0.3) is 0 Å². The maximum atomic E-state index is 5.25. The molecular weight excluding hydrogens is 180 g/mol. The van der Waals surface area contributed by atoms with Gasteiger partial charge in [-0.05, 0) is 44.8 Å². The Morgan fingerprint density at radius 1 is 1.62 bits per heavy atom. The lowest BCUT2D eigenvalue weighted by Gasteiger charge is -2.32. The summed E-state index contributed by atoms with van der Waals surface area (Å²) in [5.74, 6) is 0.848. The molecule has 1 aromatic heterocycles. The van der Waals surface area contributed by atoms with Gasteiger partial charge in [0.15, 0.2) is 4.77 Å². The van der Waals surface area contributed by atoms with E-state index in [2.05, 4.69) is 23.4 Å². The van der Waals surface area contributed by atoms with E-state index in [1.54, 1.807) is 0 Å². The number of hydrogen-bond acceptors (Lipinski definition) is 1. The third-order valence-corrected chi connectivity index (χ3v) is 3.56. The van der Waals surface area contributed by atoms with Crippen LogP contribution >= 0.6 is 12.2 Å². The largest absolute Gasteiger partial charge is 0.337 e. The molecule has 1 N–H and O–H groups in total. The molecule has 1 saturated carbocycles. The Hall–Kier alpha value is -0.570. The van der Waals surface area contributed by atoms with Gasteiger partial charge in [0.05, 0.1) is 0 Å². The minimum Gasteiger partial charge on any atom is -0.337 e. The molecule has 1 aromatic rings. The van der Waals surface area contributed by atoms with E-state index in [0.29, 0.717) is 6.04 Å². The van der Waals surface area contributed by atoms with E-state index in [1.165, 1.54) is 25.0 Å². The van der Waals surface area contributed by atoms with E-state index in [-0.39, 0.29) is 0 Å². The summed E-state index contributed by atoms with van der Waals surface area (Å²) in [6, 6.07) is 0.576. The SMILES string of the molecule is Cc1c[nH]c(=S)n1C(C)C1CCC1. The predicted molar refractivity (Wildman–Crippen MR) is 56.4 cm³/mol. The number of aromatic amines is 1. The third kappa shape index (κ3) is 1.46. The molecule has 2 nitrogen and oxygen atoms in total. The molecule has 1 aliphatic carbocycles. The van der Waals surface area contributed by atoms with Gasteiger partial charge in [-0.1, -0.05) is 6.42 Å². The highest BCUT2D eigenvalue weighted by Gasteiger charge is 2.25. The van der Waals surface area contributed by atoms with E-state index < -0.39 is 0 Å². The van der Waals surface area contributed by atoms with Crippen LogP contribution in [0.15, 0.2) is 6.20 Å². The maximum Gasteiger partial charge on any atom is 0.177 e. The van der Waals surface area contributed by atoms with Crippen LogP contribution in [0.2, 0.25) is 0 Å². The normalized spacial score (nSPS) is 19.8. The first kappa shape index (κ1) is 9.00. The Bertz CT molecular complexity index is 346. The second-order valence-corrected chi connectivity index (χ2v) is 4.42. The van der Waals surface area contributed by atoms with Crippen molar-refractivity contribution >= 4 is 12.2 Å². The van der Waals surface area contributed by atoms with Gasteiger partial charge in [0.25, 0.3) is 0 Å². The highest BCUT2D eigenvalue weighted by Crippen LogP contribution is 2.36. The first-order valence-corrected chi connectivity index (χ1v) is 5.37. The average Bonchev–Trinajstić information content (AvgIpc) is 2.27. The minimum atomic E-state index is 0.576. The smallest absolute Gasteiger partial charge is 0.177 e. The topological polar surface area (TPSA) is 20.7 Å². The zero-order valence-electron chi connectivity index (χ0n) is 8.21. The first-order chi connectivity index (χ1) is 6.20. The molecule has 1 fully saturated rings. The Morgan fingerprint density at radius 3 is 2.69 bits per heavy atom. The van der Waals surface area contributed by atoms with Crippen molar-refractivity contribution in [3.05, 3.63) is 16.7 Å². The lowest BCUT2D eigenvalue weighted by molar-refractivity contribution is 0.219. The molecule has 1 atom stereocenters. The van der Waals surface area contributed by atoms with E-state index in [0.717, 1.165) is 10.7 Å². The summed E-state index contributed by atoms with van der Waals surface area (Å²) >= 11 is 5.25. The second kappa shape index (κ2) is 3.29. The van der Waals surface area contributed by atoms with Gasteiger partial charge in [0, 0.05) is 17.9 Å². The standard InChI is InChI=1S/C10H16N2S/c1-7-6-11-10(13)12(7)8(2)9-4-3-5-9/h6,8-9H,3-5H2,1-2H3,(H,11,13). The third-order valence-electron chi connectivity index (χ3n) is 3.24. The molecule has 1 heterocycles. The molecule has 0 radical (unpaired) electrons. The molecule has 1 unspecified atom stereocenters. The molecule has 0 aromatic carbocycles. The van der Waals surface area contributed by atoms with E-state index in [4.69, 9.17) is 12.2 Å². The fraction of sp³-hybridized carbons (Fsp3) is 0.700. The van der Waals surface area contributed by atoms with Gasteiger partial charge in [-0.15, -0.1) is 0 Å². The summed E-state index contributed by atoms with van der Waals surface area (Å²) in [6.45, 7) is 4.39. The van der Waals surface area contributed by atoms with E-state index in [1.807, 2.05) is 6.20 Å². The molecule has 0 aliphatic heterocycles. The zero-order chi connectivity index (χ0) is 9.42. The van der Waals surface area contributed by atoms with Gasteiger partial charge in [-0.2, -0.15) is 0 Å². The van der Waals surface area contributed by atoms with Crippen molar-refractivity contribution in [2.24, 2.45) is 5.92 Å². The van der Waals surface area contributed by atoms with Gasteiger partial charge in [0.1, 0.15) is 0 Å². The highest BCUT2D eigenvalue weighted by atomic mass is 32.1. The van der Waals surface area contributed by atoms with Crippen LogP contribution in [0.4, 0.5) is 0 Å². The Labute approximate surface area is 84.0 Å². The predicted octanol–water partition coefficient (Wildman–Crippen LogP) is 3.22. The van der Waals surface area contributed by atoms with Gasteiger partial charge < -0.3 is 9.55 Å². The van der Waals surface area contributed by atoms with Crippen LogP contribution < -0.4 is 0 Å². The number of rotatable bonds is 2. The molecule has 0 amide bonds. The molecule has 3 heteroatoms. The molecule has 72 valence electrons. The number of hydrogen-bond donors (Lipinski definition) is 1. The Balaban J connectivity index is 2.27. The first-order valence-electron chi connectivity index (χ1n) is 4.96. The Morgan fingerprint density at radius 2 is 2.31 bits per heavy atom. The van der Waals surface area contributed by atoms with Gasteiger partial charge in [-0.3, -0.25) is 0 Å². The van der Waals surface area contributed by atoms with Crippen molar-refractivity contribution in [3.8, 4) is 0 Å². The molecule has 13 heavy (non-hydrogen) atoms. The highest BCUT2D eigenvalue weighted by molar-refractivity contribution is 7.71. The summed E-state index contributed by atoms with van der Waals surface area (Å²) in [5, 5.41) is 0. The lowest BCUT2D eigenvalue weighted by Crippen LogP contribution is -2.23. The number of H-pyrrole nitrogens is 1. The molecule has 0 bridgehead atoms. The fourth-order valence-corrected chi connectivity index (χ4v) is 2.47. The maximum absolute atomic E-state index is 5.25. The fourth-order valence-electron chi connectivity index (χ4n) is 2.10. The number of nitrogens with zero attached hydrogens (tertiary/aromatic N) is 1. The second-order valence-electron chi connectivity index (χ2n) is 4.04. The van der Waals surface area contributed by atoms with Crippen molar-refractivity contribution in [2.75, 3.05) is 0 Å². The van der Waals surface area contributed by atoms with Crippen molar-refractivity contribution in [3.63, 3.8) is 0 Å². The van der Waals surface area contributed by atoms with Crippen molar-refractivity contribution in [2.45, 2.75) is 39.2 Å². The summed E-state index contributed by atoms with van der Waals surface area (Å²) in [4.78, 5) is 3.10. The molecule has 0 spiro atoms. The van der Waals surface area contributed by atoms with Crippen molar-refractivity contribution in [1.82, 2.24) is 9.55 Å². The zero-order valence-corrected chi connectivity index (χ0v) is 9.03. The average molecular weight is 196 g/mol. The molecule has 2 rings (SSSR count). The van der Waals surface area contributed by atoms with Crippen LogP contribution in [0.1, 0.15) is 37.9 Å². The summed E-state index contributed by atoms with van der Waals surface area (Å²) < 4.78 is 3.12. The van der Waals surface area contributed by atoms with Crippen LogP contribution in [0.5, 0.6) is 0 Å². The molecule has 1 aliphatic rings. The quantitative estimate of drug-likeness (QED) is 0.720. The number of imidazole rings is 1. The van der Waals surface area contributed by atoms with Gasteiger partial charge in [-0.25, -0.2) is 0 Å². The van der Waals surface area contributed by atoms with Gasteiger partial charge in [0.2, 0.25) is 0 Å². The van der Waals surface area contributed by atoms with Crippen LogP contribution in [0, 0.1) is 17.6 Å². The van der Waals surface area contributed by atoms with E-state index >= 15 is 0 Å². The van der Waals surface area contributed by atoms with Crippen LogP contribution in [-0.2, 0) is 0 Å². The van der Waals surface area contributed by atoms with Crippen LogP contribution in [0.3, 0.4) is 0 Å². The van der Waals surface area contributed by atoms with Crippen molar-refractivity contribution in [1.29, 1.82) is 0 Å². The number of aromatic nitrogens is 2. The Kier molecular flexibility index (Phi) is 2.28. The number of nitrogens with one attached hydrogen (secondary N) is 1. The monoisotopic (exact) mass is 196 g/mol. The lowest BCUT2D eigenvalue weighted by atomic mass is 9.80. The van der Waals surface area contributed by atoms with E-state index in [9.17, 15) is 0 Å². The van der Waals surface area contributed by atoms with Gasteiger partial charge >= 0.3 is 0 Å². The van der Waals surface area contributed by atoms with Crippen molar-refractivity contribution < 1.29 is 0 Å².